The number of carbonyl (C=O) groups is 1. The summed E-state index contributed by atoms with van der Waals surface area (Å²) < 4.78 is 0. The minimum Gasteiger partial charge on any atom is -0.304 e. The third-order valence-corrected chi connectivity index (χ3v) is 6.31. The minimum absolute atomic E-state index is 0.197. The number of rotatable bonds is 12. The first-order valence-corrected chi connectivity index (χ1v) is 12.2. The molecule has 1 amide bonds. The largest absolute Gasteiger partial charge is 0.304 e. The molecule has 0 spiro atoms. The molecular weight excluding hydrogens is 380 g/mol. The maximum Gasteiger partial charge on any atom is 0.231 e. The Hall–Kier alpha value is -2.39. The van der Waals surface area contributed by atoms with Crippen LogP contribution in [0.4, 0.5) is 11.4 Å². The Bertz CT molecular complexity index is 804. The first-order valence-electron chi connectivity index (χ1n) is 12.2. The first kappa shape index (κ1) is 23.3. The van der Waals surface area contributed by atoms with Gasteiger partial charge in [-0.1, -0.05) is 94.5 Å². The Morgan fingerprint density at radius 3 is 1.74 bits per heavy atom. The van der Waals surface area contributed by atoms with Gasteiger partial charge in [-0.05, 0) is 55.7 Å². The fourth-order valence-electron chi connectivity index (χ4n) is 4.39. The second-order valence-electron chi connectivity index (χ2n) is 8.43. The summed E-state index contributed by atoms with van der Waals surface area (Å²) in [7, 11) is 0. The number of hydrogen-bond acceptors (Lipinski definition) is 2. The zero-order valence-corrected chi connectivity index (χ0v) is 19.4. The molecule has 2 aromatic carbocycles. The molecule has 0 aliphatic carbocycles. The van der Waals surface area contributed by atoms with Crippen molar-refractivity contribution >= 4 is 29.4 Å². The summed E-state index contributed by atoms with van der Waals surface area (Å²) in [5, 5.41) is 0. The van der Waals surface area contributed by atoms with Gasteiger partial charge in [-0.2, -0.15) is 0 Å². The van der Waals surface area contributed by atoms with Crippen LogP contribution < -0.4 is 4.90 Å². The van der Waals surface area contributed by atoms with E-state index in [4.69, 9.17) is 0 Å². The molecule has 0 bridgehead atoms. The van der Waals surface area contributed by atoms with Gasteiger partial charge in [0.1, 0.15) is 0 Å². The highest BCUT2D eigenvalue weighted by Crippen LogP contribution is 2.36. The number of nitrogens with zero attached hydrogens (tertiary/aromatic N) is 2. The van der Waals surface area contributed by atoms with Crippen molar-refractivity contribution < 1.29 is 4.79 Å². The van der Waals surface area contributed by atoms with Crippen molar-refractivity contribution in [1.82, 2.24) is 4.90 Å². The molecule has 0 radical (unpaired) electrons. The number of unbranched alkanes of at least 4 members (excludes halogenated alkanes) is 6. The topological polar surface area (TPSA) is 23.6 Å². The molecule has 3 nitrogen and oxygen atoms in total. The van der Waals surface area contributed by atoms with E-state index in [9.17, 15) is 4.79 Å². The van der Waals surface area contributed by atoms with Crippen LogP contribution in [0.25, 0.3) is 12.2 Å². The number of anilines is 2. The summed E-state index contributed by atoms with van der Waals surface area (Å²) in [4.78, 5) is 17.7. The highest BCUT2D eigenvalue weighted by atomic mass is 16.2. The highest BCUT2D eigenvalue weighted by molar-refractivity contribution is 6.06. The zero-order chi connectivity index (χ0) is 21.9. The predicted molar refractivity (Wildman–Crippen MR) is 134 cm³/mol. The number of hydrogen-bond donors (Lipinski definition) is 0. The summed E-state index contributed by atoms with van der Waals surface area (Å²) in [6.07, 6.45) is 13.4. The van der Waals surface area contributed by atoms with Gasteiger partial charge in [-0.25, -0.2) is 0 Å². The van der Waals surface area contributed by atoms with Crippen molar-refractivity contribution in [3.05, 3.63) is 59.7 Å². The average Bonchev–Trinajstić information content (AvgIpc) is 2.97. The lowest BCUT2D eigenvalue weighted by Crippen LogP contribution is -2.26. The number of benzene rings is 2. The molecule has 0 N–H and O–H groups in total. The Balaban J connectivity index is 1.45. The number of carbonyl (C=O) groups excluding carboxylic acids is 1. The molecule has 3 rings (SSSR count). The molecule has 31 heavy (non-hydrogen) atoms. The lowest BCUT2D eigenvalue weighted by atomic mass is 10.1. The molecule has 0 fully saturated rings. The van der Waals surface area contributed by atoms with Crippen molar-refractivity contribution in [3.8, 4) is 0 Å². The molecule has 0 unspecified atom stereocenters. The normalized spacial score (nSPS) is 12.5. The van der Waals surface area contributed by atoms with Crippen molar-refractivity contribution in [2.24, 2.45) is 0 Å². The Morgan fingerprint density at radius 1 is 0.710 bits per heavy atom. The second kappa shape index (κ2) is 12.5. The zero-order valence-electron chi connectivity index (χ0n) is 19.4. The molecule has 0 saturated carbocycles. The van der Waals surface area contributed by atoms with Crippen LogP contribution in [-0.2, 0) is 4.79 Å². The SMILES string of the molecule is CCN(CC)CCCCCCCCCC(=O)N1c2ccccc2C=Cc2ccccc21. The van der Waals surface area contributed by atoms with Gasteiger partial charge >= 0.3 is 0 Å². The fourth-order valence-corrected chi connectivity index (χ4v) is 4.39. The van der Waals surface area contributed by atoms with Gasteiger partial charge in [-0.3, -0.25) is 9.69 Å². The molecule has 1 heterocycles. The number of amides is 1. The van der Waals surface area contributed by atoms with E-state index in [1.54, 1.807) is 0 Å². The van der Waals surface area contributed by atoms with Gasteiger partial charge in [0.05, 0.1) is 11.4 Å². The van der Waals surface area contributed by atoms with Crippen LogP contribution >= 0.6 is 0 Å². The van der Waals surface area contributed by atoms with Crippen molar-refractivity contribution in [2.45, 2.75) is 65.2 Å². The van der Waals surface area contributed by atoms with E-state index in [1.807, 2.05) is 29.2 Å². The van der Waals surface area contributed by atoms with E-state index >= 15 is 0 Å². The molecule has 1 aliphatic rings. The molecule has 0 aromatic heterocycles. The second-order valence-corrected chi connectivity index (χ2v) is 8.43. The van der Waals surface area contributed by atoms with Gasteiger partial charge < -0.3 is 4.90 Å². The van der Waals surface area contributed by atoms with Crippen LogP contribution in [0.2, 0.25) is 0 Å². The highest BCUT2D eigenvalue weighted by Gasteiger charge is 2.23. The fraction of sp³-hybridized carbons (Fsp3) is 0.464. The van der Waals surface area contributed by atoms with Gasteiger partial charge in [0, 0.05) is 6.42 Å². The monoisotopic (exact) mass is 418 g/mol. The Morgan fingerprint density at radius 2 is 1.19 bits per heavy atom. The first-order chi connectivity index (χ1) is 15.2. The van der Waals surface area contributed by atoms with Gasteiger partial charge in [-0.15, -0.1) is 0 Å². The maximum absolute atomic E-state index is 13.3. The molecular formula is C28H38N2O. The van der Waals surface area contributed by atoms with Gasteiger partial charge in [0.15, 0.2) is 0 Å². The lowest BCUT2D eigenvalue weighted by molar-refractivity contribution is -0.118. The smallest absolute Gasteiger partial charge is 0.231 e. The van der Waals surface area contributed by atoms with Crippen LogP contribution in [0.1, 0.15) is 76.3 Å². The van der Waals surface area contributed by atoms with Crippen LogP contribution in [0.5, 0.6) is 0 Å². The van der Waals surface area contributed by atoms with E-state index in [2.05, 4.69) is 55.2 Å². The van der Waals surface area contributed by atoms with E-state index in [0.717, 1.165) is 48.4 Å². The van der Waals surface area contributed by atoms with E-state index in [0.29, 0.717) is 6.42 Å². The molecule has 2 aromatic rings. The summed E-state index contributed by atoms with van der Waals surface area (Å²) >= 11 is 0. The van der Waals surface area contributed by atoms with Crippen molar-refractivity contribution in [2.75, 3.05) is 24.5 Å². The Kier molecular flexibility index (Phi) is 9.36. The summed E-state index contributed by atoms with van der Waals surface area (Å²) in [5.41, 5.74) is 4.16. The van der Waals surface area contributed by atoms with Crippen molar-refractivity contribution in [3.63, 3.8) is 0 Å². The van der Waals surface area contributed by atoms with Crippen LogP contribution in [0.3, 0.4) is 0 Å². The van der Waals surface area contributed by atoms with Gasteiger partial charge in [0.2, 0.25) is 5.91 Å². The molecule has 3 heteroatoms. The molecule has 1 aliphatic heterocycles. The molecule has 0 atom stereocenters. The van der Waals surface area contributed by atoms with Crippen LogP contribution in [-0.4, -0.2) is 30.4 Å². The van der Waals surface area contributed by atoms with E-state index < -0.39 is 0 Å². The predicted octanol–water partition coefficient (Wildman–Crippen LogP) is 7.30. The molecule has 166 valence electrons. The van der Waals surface area contributed by atoms with E-state index in [-0.39, 0.29) is 5.91 Å². The van der Waals surface area contributed by atoms with E-state index in [1.165, 1.54) is 38.6 Å². The Labute approximate surface area is 188 Å². The average molecular weight is 419 g/mol. The number of fused-ring (bicyclic) bond motifs is 2. The lowest BCUT2D eigenvalue weighted by Gasteiger charge is -2.25. The summed E-state index contributed by atoms with van der Waals surface area (Å²) in [6.45, 7) is 8.03. The van der Waals surface area contributed by atoms with Crippen LogP contribution in [0.15, 0.2) is 48.5 Å². The number of para-hydroxylation sites is 2. The quantitative estimate of drug-likeness (QED) is 0.338. The van der Waals surface area contributed by atoms with Gasteiger partial charge in [0.25, 0.3) is 0 Å². The standard InChI is InChI=1S/C28H38N2O/c1-3-29(4-2)23-15-9-7-5-6-8-10-20-28(31)30-26-18-13-11-16-24(26)21-22-25-17-12-14-19-27(25)30/h11-14,16-19,21-22H,3-10,15,20,23H2,1-2H3. The maximum atomic E-state index is 13.3. The van der Waals surface area contributed by atoms with Crippen LogP contribution in [0, 0.1) is 0 Å². The third kappa shape index (κ3) is 6.54. The summed E-state index contributed by atoms with van der Waals surface area (Å²) in [5.74, 6) is 0.197. The third-order valence-electron chi connectivity index (χ3n) is 6.31. The summed E-state index contributed by atoms with van der Waals surface area (Å²) in [6, 6.07) is 16.4. The minimum atomic E-state index is 0.197. The molecule has 0 saturated heterocycles. The van der Waals surface area contributed by atoms with Crippen molar-refractivity contribution in [1.29, 1.82) is 0 Å².